The van der Waals surface area contributed by atoms with E-state index in [0.717, 1.165) is 0 Å². The van der Waals surface area contributed by atoms with Gasteiger partial charge < -0.3 is 0 Å². The van der Waals surface area contributed by atoms with E-state index < -0.39 is 437 Å². The molecular formula is C80H28F56Ga3-3. The second-order valence-corrected chi connectivity index (χ2v) is 55.5. The summed E-state index contributed by atoms with van der Waals surface area (Å²) in [6.45, 7) is 9.25. The van der Waals surface area contributed by atoms with Crippen molar-refractivity contribution in [1.82, 2.24) is 0 Å². The number of alkyl halides is 24. The Bertz CT molecular complexity index is 5870. The van der Waals surface area contributed by atoms with Gasteiger partial charge in [-0.05, 0) is 0 Å². The third kappa shape index (κ3) is 23.3. The van der Waals surface area contributed by atoms with Gasteiger partial charge in [-0.25, -0.2) is 0 Å². The van der Waals surface area contributed by atoms with E-state index in [0.29, 0.717) is 0 Å². The van der Waals surface area contributed by atoms with Crippen molar-refractivity contribution in [3.8, 4) is 0 Å². The Morgan fingerprint density at radius 2 is 0.446 bits per heavy atom. The zero-order valence-electron chi connectivity index (χ0n) is 65.2. The fraction of sp³-hybridized carbons (Fsp3) is 0.100. The molecule has 752 valence electrons. The first-order valence-corrected chi connectivity index (χ1v) is 49.6. The van der Waals surface area contributed by atoms with Gasteiger partial charge in [0, 0.05) is 0 Å². The van der Waals surface area contributed by atoms with Crippen molar-refractivity contribution in [2.24, 2.45) is 0 Å². The van der Waals surface area contributed by atoms with E-state index in [9.17, 15) is 206 Å². The van der Waals surface area contributed by atoms with Crippen LogP contribution in [0.25, 0.3) is 0 Å². The molecule has 0 nitrogen and oxygen atoms in total. The average Bonchev–Trinajstić information content (AvgIpc) is 0.677. The molecule has 0 fully saturated rings. The van der Waals surface area contributed by atoms with Crippen molar-refractivity contribution in [2.75, 3.05) is 0 Å². The van der Waals surface area contributed by atoms with Gasteiger partial charge in [-0.15, -0.1) is 0 Å². The van der Waals surface area contributed by atoms with Gasteiger partial charge in [0.15, 0.2) is 0 Å². The van der Waals surface area contributed by atoms with Gasteiger partial charge in [0.2, 0.25) is 0 Å². The van der Waals surface area contributed by atoms with E-state index in [-0.39, 0.29) is 47.2 Å². The number of halogens is 56. The first kappa shape index (κ1) is 116. The molecule has 0 aliphatic carbocycles. The first-order chi connectivity index (χ1) is 62.6. The monoisotopic (exact) mass is 2260 g/mol. The molecule has 0 aliphatic rings. The molecule has 9 rings (SSSR count). The molecule has 0 spiro atoms. The summed E-state index contributed by atoms with van der Waals surface area (Å²) in [7, 11) is 0. The minimum absolute atomic E-state index is 0. The number of allylic oxidation sites excluding steroid dienone is 14. The minimum atomic E-state index is -9.54. The maximum atomic E-state index is 15.4. The summed E-state index contributed by atoms with van der Waals surface area (Å²) in [6, 6.07) is -3.04. The predicted octanol–water partition coefficient (Wildman–Crippen LogP) is 24.7. The summed E-state index contributed by atoms with van der Waals surface area (Å²) < 4.78 is 755. The molecule has 0 radical (unpaired) electrons. The van der Waals surface area contributed by atoms with Crippen molar-refractivity contribution in [3.63, 3.8) is 0 Å². The number of benzene rings is 9. The molecule has 0 amide bonds. The van der Waals surface area contributed by atoms with E-state index >= 15 is 35.1 Å². The molecule has 0 heterocycles. The number of hydrogen-bond donors (Lipinski definition) is 0. The summed E-state index contributed by atoms with van der Waals surface area (Å²) in [5.41, 5.74) is -15.5. The van der Waals surface area contributed by atoms with Crippen LogP contribution in [0, 0.1) is 163 Å². The van der Waals surface area contributed by atoms with Crippen LogP contribution >= 0.6 is 0 Å². The van der Waals surface area contributed by atoms with Crippen LogP contribution in [0.2, 0.25) is 0 Å². The summed E-state index contributed by atoms with van der Waals surface area (Å²) >= 11 is -23.6. The van der Waals surface area contributed by atoms with Crippen LogP contribution in [-0.2, 0) is 24.7 Å². The summed E-state index contributed by atoms with van der Waals surface area (Å²) in [5, 5.41) is 0. The van der Waals surface area contributed by atoms with Crippen molar-refractivity contribution in [3.05, 3.63) is 368 Å². The SMILES string of the molecule is C=[C](/C=C(F)\C(F)=C\F)[Ga-]([c]1cc(F)c(F)c(F)c1)([c]1cc(F)c(F)c(F)c1)[c]1cc(F)c(F)c(F)c1.C=[C](/C=C(\C=C\C(F)(F)F)C(F)(F)F)[Ga-]([C](=C)/C=C(\C=C\C(F)(F)F)C(F)(F)F)([c]1cc(C(F)(F)F)cc(C(F)(F)F)c1)[c]1cc(C(F)(F)F)cc(C(F)(F)F)c1.F.Fc1cc(F)c(F)[c]([Ga-]([c]2c(F)c(F)c(F)c(F)c2F)([c]2c(F)c(F)c(F)c(F)c2F)[c]2c(F)c(F)c(F)c(F)c2F)c1F. The Morgan fingerprint density at radius 3 is 0.647 bits per heavy atom. The second kappa shape index (κ2) is 41.4. The topological polar surface area (TPSA) is 0 Å². The molecule has 9 aromatic carbocycles. The quantitative estimate of drug-likeness (QED) is 0.0264. The van der Waals surface area contributed by atoms with E-state index in [1.807, 2.05) is 0 Å². The summed E-state index contributed by atoms with van der Waals surface area (Å²) in [4.78, 5) is 0. The maximum absolute atomic E-state index is 15.4. The normalized spacial score (nSPS) is 13.4. The standard InChI is InChI=1S/2C8H3F6.2C8H5F6.3C6F5.C6HF4.3C6H2F3.C6H4F3.FH.3Ga/c2*9-7(10,11)5-2-1-3-6(4-5)8(12,13)14;2*1-2-3-6(8(12,13)14)4-5-7(9,10)11;3*7-2-1-3(8)5(10)6(11)4(2)9;7-3-1-4(8)6(10)2-5(3)9;3*7-4-2-1-3-5(8)6(4)9;1-2-3-5(8)6(9)4-7;;;;/h2*2-4H;2*3-5H,1H2;;;;1H;3*2-3H;3-4H,1H2;1H;;;/q;;;;;;;;;;;;;3*-1/b;;2*5-4+,6-3+;;;;;;;;5-3+,6-4-;;;;. The van der Waals surface area contributed by atoms with Crippen LogP contribution in [0.5, 0.6) is 0 Å². The molecule has 0 atom stereocenters. The fourth-order valence-corrected chi connectivity index (χ4v) is 48.1. The van der Waals surface area contributed by atoms with Crippen LogP contribution in [0.3, 0.4) is 0 Å². The molecule has 9 aromatic rings. The zero-order chi connectivity index (χ0) is 106. The molecule has 0 aliphatic heterocycles. The fourth-order valence-electron chi connectivity index (χ4n) is 14.2. The van der Waals surface area contributed by atoms with Crippen molar-refractivity contribution >= 4 is 82.1 Å². The first-order valence-electron chi connectivity index (χ1n) is 35.0. The van der Waals surface area contributed by atoms with Gasteiger partial charge in [-0.2, -0.15) is 0 Å². The van der Waals surface area contributed by atoms with Gasteiger partial charge in [0.1, 0.15) is 0 Å². The van der Waals surface area contributed by atoms with Crippen LogP contribution in [0.4, 0.5) is 246 Å². The molecular weight excluding hydrogens is 2230 g/mol. The molecule has 59 heteroatoms. The molecule has 139 heavy (non-hydrogen) atoms. The van der Waals surface area contributed by atoms with Crippen molar-refractivity contribution < 1.29 is 246 Å². The van der Waals surface area contributed by atoms with Gasteiger partial charge in [0.25, 0.3) is 0 Å². The Labute approximate surface area is 742 Å². The van der Waals surface area contributed by atoms with E-state index in [4.69, 9.17) is 0 Å². The van der Waals surface area contributed by atoms with E-state index in [1.165, 1.54) is 0 Å². The van der Waals surface area contributed by atoms with Crippen molar-refractivity contribution in [2.45, 2.75) is 49.4 Å². The molecule has 0 bridgehead atoms. The molecule has 0 aromatic heterocycles. The van der Waals surface area contributed by atoms with Crippen LogP contribution in [0.15, 0.2) is 183 Å². The Kier molecular flexibility index (Phi) is 34.7. The Morgan fingerprint density at radius 1 is 0.237 bits per heavy atom. The van der Waals surface area contributed by atoms with E-state index in [1.54, 1.807) is 0 Å². The molecule has 0 unspecified atom stereocenters. The average molecular weight is 2260 g/mol. The number of rotatable bonds is 18. The van der Waals surface area contributed by atoms with Gasteiger partial charge >= 0.3 is 741 Å². The van der Waals surface area contributed by atoms with Gasteiger partial charge in [0.05, 0.1) is 0 Å². The molecule has 0 saturated heterocycles. The van der Waals surface area contributed by atoms with Crippen molar-refractivity contribution in [1.29, 1.82) is 0 Å². The third-order valence-electron chi connectivity index (χ3n) is 19.9. The van der Waals surface area contributed by atoms with Crippen LogP contribution < -0.4 is 37.1 Å². The van der Waals surface area contributed by atoms with Gasteiger partial charge in [-0.1, -0.05) is 0 Å². The van der Waals surface area contributed by atoms with E-state index in [2.05, 4.69) is 19.7 Å². The van der Waals surface area contributed by atoms with Crippen LogP contribution in [-0.4, -0.2) is 69.8 Å². The molecule has 0 saturated carbocycles. The summed E-state index contributed by atoms with van der Waals surface area (Å²) in [5.74, 6) is -85.9. The second-order valence-electron chi connectivity index (χ2n) is 28.1. The zero-order valence-corrected chi connectivity index (χ0v) is 72.4. The van der Waals surface area contributed by atoms with Crippen LogP contribution in [0.1, 0.15) is 22.3 Å². The summed E-state index contributed by atoms with van der Waals surface area (Å²) in [6.07, 6.45) is -54.0. The molecule has 0 N–H and O–H groups in total. The predicted molar refractivity (Wildman–Crippen MR) is 379 cm³/mol. The Hall–Kier alpha value is -11.4. The third-order valence-corrected chi connectivity index (χ3v) is 53.5. The van der Waals surface area contributed by atoms with Gasteiger partial charge in [-0.3, -0.25) is 4.70 Å². The Balaban J connectivity index is 0.000000326. The number of hydrogen-bond acceptors (Lipinski definition) is 0.